The molecule has 0 N–H and O–H groups in total. The minimum atomic E-state index is -5.09. The van der Waals surface area contributed by atoms with Gasteiger partial charge in [0.2, 0.25) is 11.6 Å². The summed E-state index contributed by atoms with van der Waals surface area (Å²) < 4.78 is 83.5. The Balaban J connectivity index is 1.55. The largest absolute Gasteiger partial charge is 0.426 e. The molecule has 11 heteroatoms. The molecule has 5 rings (SSSR count). The van der Waals surface area contributed by atoms with Crippen LogP contribution in [0.5, 0.6) is 0 Å². The van der Waals surface area contributed by atoms with E-state index in [0.717, 1.165) is 16.5 Å². The first-order valence-electron chi connectivity index (χ1n) is 12.7. The van der Waals surface area contributed by atoms with Crippen LogP contribution in [0.2, 0.25) is 5.02 Å². The summed E-state index contributed by atoms with van der Waals surface area (Å²) in [6.45, 7) is 0.723. The molecule has 0 radical (unpaired) electrons. The smallest absolute Gasteiger partial charge is 0.337 e. The molecule has 3 aliphatic rings. The van der Waals surface area contributed by atoms with E-state index in [1.807, 2.05) is 12.1 Å². The lowest BCUT2D eigenvalue weighted by atomic mass is 9.63. The third-order valence-electron chi connectivity index (χ3n) is 8.77. The number of carbonyl (C=O) groups excluding carboxylic acids is 2. The first-order valence-corrected chi connectivity index (χ1v) is 13.1. The Kier molecular flexibility index (Phi) is 6.52. The van der Waals surface area contributed by atoms with E-state index in [-0.39, 0.29) is 13.0 Å². The average molecular weight is 573 g/mol. The van der Waals surface area contributed by atoms with Crippen LogP contribution >= 0.6 is 11.6 Å². The number of amides is 2. The number of carbonyl (C=O) groups is 2. The summed E-state index contributed by atoms with van der Waals surface area (Å²) in [7, 11) is 1.19. The molecule has 39 heavy (non-hydrogen) atoms. The van der Waals surface area contributed by atoms with Gasteiger partial charge in [0.1, 0.15) is 6.04 Å². The first-order chi connectivity index (χ1) is 18.1. The van der Waals surface area contributed by atoms with Gasteiger partial charge in [0.15, 0.2) is 0 Å². The van der Waals surface area contributed by atoms with E-state index in [1.165, 1.54) is 19.2 Å². The van der Waals surface area contributed by atoms with Crippen molar-refractivity contribution in [2.45, 2.75) is 74.3 Å². The molecule has 0 bridgehead atoms. The summed E-state index contributed by atoms with van der Waals surface area (Å²) >= 11 is 6.05. The van der Waals surface area contributed by atoms with E-state index in [9.17, 15) is 35.9 Å². The monoisotopic (exact) mass is 572 g/mol. The number of hydrogen-bond acceptors (Lipinski definition) is 2. The number of benzene rings is 2. The number of likely N-dealkylation sites (N-methyl/N-ethyl adjacent to an activating group) is 1. The van der Waals surface area contributed by atoms with Gasteiger partial charge in [-0.1, -0.05) is 41.9 Å². The Morgan fingerprint density at radius 1 is 1.10 bits per heavy atom. The lowest BCUT2D eigenvalue weighted by Gasteiger charge is -2.44. The van der Waals surface area contributed by atoms with Crippen LogP contribution in [-0.4, -0.2) is 59.4 Å². The molecule has 0 saturated carbocycles. The molecule has 1 aliphatic carbocycles. The van der Waals surface area contributed by atoms with Crippen LogP contribution < -0.4 is 0 Å². The van der Waals surface area contributed by atoms with Gasteiger partial charge in [0.05, 0.1) is 6.42 Å². The van der Waals surface area contributed by atoms with Crippen LogP contribution in [0.15, 0.2) is 42.5 Å². The molecule has 3 unspecified atom stereocenters. The predicted octanol–water partition coefficient (Wildman–Crippen LogP) is 5.98. The third-order valence-corrected chi connectivity index (χ3v) is 9.02. The number of alkyl halides is 6. The molecular weight excluding hydrogens is 546 g/mol. The Bertz CT molecular complexity index is 1310. The fourth-order valence-corrected chi connectivity index (χ4v) is 6.69. The highest BCUT2D eigenvalue weighted by molar-refractivity contribution is 6.30. The van der Waals surface area contributed by atoms with Gasteiger partial charge in [0.25, 0.3) is 5.91 Å². The minimum Gasteiger partial charge on any atom is -0.337 e. The highest BCUT2D eigenvalue weighted by Crippen LogP contribution is 2.51. The molecule has 0 spiro atoms. The summed E-state index contributed by atoms with van der Waals surface area (Å²) in [5.41, 5.74) is -2.62. The molecule has 4 atom stereocenters. The van der Waals surface area contributed by atoms with Crippen LogP contribution in [0.3, 0.4) is 0 Å². The van der Waals surface area contributed by atoms with Crippen molar-refractivity contribution in [2.24, 2.45) is 0 Å². The van der Waals surface area contributed by atoms with Crippen molar-refractivity contribution in [2.75, 3.05) is 13.6 Å². The quantitative estimate of drug-likeness (QED) is 0.423. The van der Waals surface area contributed by atoms with E-state index in [2.05, 4.69) is 0 Å². The lowest BCUT2D eigenvalue weighted by molar-refractivity contribution is -0.228. The van der Waals surface area contributed by atoms with Gasteiger partial charge in [-0.3, -0.25) is 9.59 Å². The van der Waals surface area contributed by atoms with Crippen LogP contribution in [0.25, 0.3) is 0 Å². The number of halogens is 7. The van der Waals surface area contributed by atoms with Crippen LogP contribution in [-0.2, 0) is 33.5 Å². The van der Waals surface area contributed by atoms with E-state index in [1.54, 1.807) is 17.0 Å². The van der Waals surface area contributed by atoms with Crippen molar-refractivity contribution in [1.29, 1.82) is 0 Å². The number of hydrogen-bond donors (Lipinski definition) is 0. The maximum Gasteiger partial charge on any atom is 0.426 e. The van der Waals surface area contributed by atoms with Gasteiger partial charge in [-0.25, -0.2) is 4.39 Å². The summed E-state index contributed by atoms with van der Waals surface area (Å²) in [6, 6.07) is 9.26. The van der Waals surface area contributed by atoms with Gasteiger partial charge in [-0.05, 0) is 67.0 Å². The van der Waals surface area contributed by atoms with Gasteiger partial charge < -0.3 is 9.80 Å². The van der Waals surface area contributed by atoms with Crippen LogP contribution in [0, 0.1) is 0 Å². The molecule has 4 nitrogen and oxygen atoms in total. The van der Waals surface area contributed by atoms with Gasteiger partial charge >= 0.3 is 12.1 Å². The maximum atomic E-state index is 14.8. The normalized spacial score (nSPS) is 27.8. The Morgan fingerprint density at radius 2 is 1.77 bits per heavy atom. The van der Waals surface area contributed by atoms with Crippen LogP contribution in [0.4, 0.5) is 26.3 Å². The second-order valence-corrected chi connectivity index (χ2v) is 11.4. The number of likely N-dealkylation sites (tertiary alicyclic amines) is 2. The van der Waals surface area contributed by atoms with Gasteiger partial charge in [0, 0.05) is 30.1 Å². The molecular formula is C28H27ClF6N2O2. The highest BCUT2D eigenvalue weighted by Gasteiger charge is 2.59. The summed E-state index contributed by atoms with van der Waals surface area (Å²) in [5, 5.41) is 0.522. The molecule has 2 heterocycles. The molecule has 2 aromatic carbocycles. The van der Waals surface area contributed by atoms with Crippen molar-refractivity contribution < 1.29 is 35.9 Å². The number of aryl methyl sites for hydroxylation is 1. The second-order valence-electron chi connectivity index (χ2n) is 11.0. The number of nitrogens with zero attached hydrogens (tertiary/aromatic N) is 2. The van der Waals surface area contributed by atoms with E-state index in [4.69, 9.17) is 11.6 Å². The van der Waals surface area contributed by atoms with Crippen molar-refractivity contribution >= 4 is 23.4 Å². The molecule has 2 fully saturated rings. The van der Waals surface area contributed by atoms with E-state index >= 15 is 0 Å². The SMILES string of the molecule is CN1C(=O)C(F)(F)C[C@H]1C(=O)N1CCC2(Cc3ccc(Cl)cc3)c3ccc(C(C)(F)C(F)(F)F)cc3CCC12. The van der Waals surface area contributed by atoms with Gasteiger partial charge in [-0.15, -0.1) is 0 Å². The zero-order valence-electron chi connectivity index (χ0n) is 21.3. The van der Waals surface area contributed by atoms with Crippen LogP contribution in [0.1, 0.15) is 48.4 Å². The Hall–Kier alpha value is -2.75. The molecule has 2 aliphatic heterocycles. The fourth-order valence-electron chi connectivity index (χ4n) is 6.56. The summed E-state index contributed by atoms with van der Waals surface area (Å²) in [6.07, 6.45) is -4.53. The molecule has 2 saturated heterocycles. The maximum absolute atomic E-state index is 14.8. The van der Waals surface area contributed by atoms with Gasteiger partial charge in [-0.2, -0.15) is 22.0 Å². The zero-order chi connectivity index (χ0) is 28.5. The van der Waals surface area contributed by atoms with E-state index in [0.29, 0.717) is 42.3 Å². The summed E-state index contributed by atoms with van der Waals surface area (Å²) in [5.74, 6) is -5.59. The highest BCUT2D eigenvalue weighted by atomic mass is 35.5. The van der Waals surface area contributed by atoms with Crippen molar-refractivity contribution in [3.8, 4) is 0 Å². The minimum absolute atomic E-state index is 0.228. The van der Waals surface area contributed by atoms with Crippen molar-refractivity contribution in [3.63, 3.8) is 0 Å². The van der Waals surface area contributed by atoms with Crippen molar-refractivity contribution in [3.05, 3.63) is 69.7 Å². The third kappa shape index (κ3) is 4.39. The summed E-state index contributed by atoms with van der Waals surface area (Å²) in [4.78, 5) is 28.0. The molecule has 2 aromatic rings. The average Bonchev–Trinajstić information content (AvgIpc) is 3.34. The molecule has 2 amide bonds. The van der Waals surface area contributed by atoms with Crippen molar-refractivity contribution in [1.82, 2.24) is 9.80 Å². The lowest BCUT2D eigenvalue weighted by Crippen LogP contribution is -2.53. The Labute approximate surface area is 226 Å². The first kappa shape index (κ1) is 27.8. The zero-order valence-corrected chi connectivity index (χ0v) is 22.1. The number of rotatable bonds is 4. The fraction of sp³-hybridized carbons (Fsp3) is 0.500. The molecule has 210 valence electrons. The standard InChI is InChI=1S/C28H27ClF6N2O2/c1-25(30,28(33,34)35)18-6-9-20-17(13-18)5-10-22-26(20,14-16-3-7-19(29)8-4-16)11-12-37(22)23(38)21-15-27(31,32)24(39)36(21)2/h3-4,6-9,13,21-22H,5,10-12,14-15H2,1-2H3/t21-,22?,25?,26?/m0/s1. The Morgan fingerprint density at radius 3 is 2.36 bits per heavy atom. The predicted molar refractivity (Wildman–Crippen MR) is 132 cm³/mol. The second kappa shape index (κ2) is 9.14. The van der Waals surface area contributed by atoms with E-state index < -0.39 is 59.1 Å². The number of fused-ring (bicyclic) bond motifs is 3. The molecule has 0 aromatic heterocycles. The topological polar surface area (TPSA) is 40.6 Å².